The number of rotatable bonds is 4. The van der Waals surface area contributed by atoms with Crippen LogP contribution < -0.4 is 0 Å². The van der Waals surface area contributed by atoms with E-state index in [-0.39, 0.29) is 6.54 Å². The molecule has 21 heavy (non-hydrogen) atoms. The fourth-order valence-corrected chi connectivity index (χ4v) is 2.40. The minimum atomic E-state index is -4.33. The summed E-state index contributed by atoms with van der Waals surface area (Å²) in [5.41, 5.74) is 0.709. The number of benzene rings is 1. The van der Waals surface area contributed by atoms with Gasteiger partial charge < -0.3 is 4.90 Å². The molecule has 8 heteroatoms. The first-order valence-corrected chi connectivity index (χ1v) is 7.24. The Morgan fingerprint density at radius 2 is 2.00 bits per heavy atom. The van der Waals surface area contributed by atoms with Crippen molar-refractivity contribution < 1.29 is 13.2 Å². The number of hydrogen-bond acceptors (Lipinski definition) is 3. The molecule has 0 saturated heterocycles. The van der Waals surface area contributed by atoms with Gasteiger partial charge in [-0.3, -0.25) is 0 Å². The van der Waals surface area contributed by atoms with Crippen LogP contribution in [-0.2, 0) is 19.3 Å². The summed E-state index contributed by atoms with van der Waals surface area (Å²) in [6.07, 6.45) is -4.33. The van der Waals surface area contributed by atoms with Crippen molar-refractivity contribution in [3.63, 3.8) is 0 Å². The van der Waals surface area contributed by atoms with Gasteiger partial charge in [0.05, 0.1) is 12.1 Å². The van der Waals surface area contributed by atoms with Crippen LogP contribution in [0.3, 0.4) is 0 Å². The first-order chi connectivity index (χ1) is 9.77. The molecular formula is C13H14F3IN4. The Hall–Kier alpha value is -1.16. The zero-order valence-corrected chi connectivity index (χ0v) is 13.7. The van der Waals surface area contributed by atoms with Crippen LogP contribution in [0.1, 0.15) is 16.8 Å². The normalized spacial score (nSPS) is 12.1. The lowest BCUT2D eigenvalue weighted by Gasteiger charge is -2.09. The van der Waals surface area contributed by atoms with Gasteiger partial charge in [-0.05, 0) is 54.4 Å². The van der Waals surface area contributed by atoms with Gasteiger partial charge >= 0.3 is 6.18 Å². The summed E-state index contributed by atoms with van der Waals surface area (Å²) in [5, 5.41) is 8.07. The number of aromatic nitrogens is 3. The molecule has 0 unspecified atom stereocenters. The van der Waals surface area contributed by atoms with Crippen LogP contribution in [0.4, 0.5) is 13.2 Å². The summed E-state index contributed by atoms with van der Waals surface area (Å²) in [7, 11) is 3.84. The molecule has 1 aromatic carbocycles. The molecule has 4 nitrogen and oxygen atoms in total. The predicted octanol–water partition coefficient (Wildman–Crippen LogP) is 3.01. The van der Waals surface area contributed by atoms with Gasteiger partial charge in [0.2, 0.25) is 0 Å². The quantitative estimate of drug-likeness (QED) is 0.727. The molecule has 0 spiro atoms. The van der Waals surface area contributed by atoms with E-state index in [2.05, 4.69) is 32.9 Å². The maximum absolute atomic E-state index is 12.7. The maximum Gasteiger partial charge on any atom is 0.416 e. The minimum Gasteiger partial charge on any atom is -0.303 e. The van der Waals surface area contributed by atoms with E-state index in [1.165, 1.54) is 6.07 Å². The third-order valence-electron chi connectivity index (χ3n) is 2.79. The van der Waals surface area contributed by atoms with Gasteiger partial charge in [0.25, 0.3) is 0 Å². The van der Waals surface area contributed by atoms with Crippen molar-refractivity contribution in [1.29, 1.82) is 0 Å². The van der Waals surface area contributed by atoms with Crippen LogP contribution >= 0.6 is 22.6 Å². The highest BCUT2D eigenvalue weighted by Crippen LogP contribution is 2.29. The van der Waals surface area contributed by atoms with Gasteiger partial charge in [-0.2, -0.15) is 13.2 Å². The van der Waals surface area contributed by atoms with Gasteiger partial charge in [-0.1, -0.05) is 17.3 Å². The van der Waals surface area contributed by atoms with Crippen molar-refractivity contribution >= 4 is 22.6 Å². The zero-order chi connectivity index (χ0) is 15.6. The Morgan fingerprint density at radius 3 is 2.62 bits per heavy atom. The summed E-state index contributed by atoms with van der Waals surface area (Å²) in [6, 6.07) is 5.26. The average molecular weight is 410 g/mol. The monoisotopic (exact) mass is 410 g/mol. The number of nitrogens with zero attached hydrogens (tertiary/aromatic N) is 4. The van der Waals surface area contributed by atoms with E-state index in [1.54, 1.807) is 10.7 Å². The second-order valence-electron chi connectivity index (χ2n) is 4.92. The molecule has 0 radical (unpaired) electrons. The minimum absolute atomic E-state index is 0.266. The summed E-state index contributed by atoms with van der Waals surface area (Å²) < 4.78 is 40.5. The number of hydrogen-bond donors (Lipinski definition) is 0. The summed E-state index contributed by atoms with van der Waals surface area (Å²) in [5.74, 6) is 0. The van der Waals surface area contributed by atoms with Crippen molar-refractivity contribution in [2.24, 2.45) is 0 Å². The van der Waals surface area contributed by atoms with Gasteiger partial charge in [-0.15, -0.1) is 5.10 Å². The molecule has 0 amide bonds. The van der Waals surface area contributed by atoms with Gasteiger partial charge in [0.1, 0.15) is 9.39 Å². The third-order valence-corrected chi connectivity index (χ3v) is 3.97. The summed E-state index contributed by atoms with van der Waals surface area (Å²) in [4.78, 5) is 1.96. The third kappa shape index (κ3) is 4.16. The molecule has 0 saturated carbocycles. The fraction of sp³-hybridized carbons (Fsp3) is 0.385. The van der Waals surface area contributed by atoms with E-state index in [9.17, 15) is 13.2 Å². The summed E-state index contributed by atoms with van der Waals surface area (Å²) in [6.45, 7) is 0.906. The highest BCUT2D eigenvalue weighted by atomic mass is 127. The Kier molecular flexibility index (Phi) is 4.87. The molecule has 2 aromatic rings. The van der Waals surface area contributed by atoms with Crippen molar-refractivity contribution in [2.75, 3.05) is 14.1 Å². The highest BCUT2D eigenvalue weighted by molar-refractivity contribution is 14.1. The SMILES string of the molecule is CN(C)Cc1nnn(Cc2cccc(C(F)(F)F)c2)c1I. The molecule has 0 atom stereocenters. The van der Waals surface area contributed by atoms with E-state index < -0.39 is 11.7 Å². The van der Waals surface area contributed by atoms with E-state index in [4.69, 9.17) is 0 Å². The first-order valence-electron chi connectivity index (χ1n) is 6.16. The van der Waals surface area contributed by atoms with E-state index >= 15 is 0 Å². The van der Waals surface area contributed by atoms with Crippen molar-refractivity contribution in [2.45, 2.75) is 19.3 Å². The zero-order valence-electron chi connectivity index (χ0n) is 11.5. The lowest BCUT2D eigenvalue weighted by Crippen LogP contribution is -2.12. The van der Waals surface area contributed by atoms with Crippen LogP contribution in [0.2, 0.25) is 0 Å². The second-order valence-corrected chi connectivity index (χ2v) is 5.94. The molecule has 0 aliphatic carbocycles. The smallest absolute Gasteiger partial charge is 0.303 e. The molecule has 0 aliphatic rings. The summed E-state index contributed by atoms with van der Waals surface area (Å²) >= 11 is 2.11. The molecular weight excluding hydrogens is 396 g/mol. The van der Waals surface area contributed by atoms with E-state index in [0.717, 1.165) is 21.5 Å². The molecule has 0 bridgehead atoms. The Labute approximate surface area is 134 Å². The molecule has 0 N–H and O–H groups in total. The van der Waals surface area contributed by atoms with Crippen molar-refractivity contribution in [1.82, 2.24) is 19.9 Å². The van der Waals surface area contributed by atoms with Crippen LogP contribution in [0.5, 0.6) is 0 Å². The standard InChI is InChI=1S/C13H14F3IN4/c1-20(2)8-11-12(17)21(19-18-11)7-9-4-3-5-10(6-9)13(14,15)16/h3-6H,7-8H2,1-2H3. The van der Waals surface area contributed by atoms with E-state index in [1.807, 2.05) is 19.0 Å². The largest absolute Gasteiger partial charge is 0.416 e. The molecule has 1 heterocycles. The Balaban J connectivity index is 2.21. The Morgan fingerprint density at radius 1 is 1.29 bits per heavy atom. The molecule has 1 aromatic heterocycles. The van der Waals surface area contributed by atoms with Gasteiger partial charge in [0.15, 0.2) is 0 Å². The molecule has 114 valence electrons. The topological polar surface area (TPSA) is 34.0 Å². The van der Waals surface area contributed by atoms with Crippen molar-refractivity contribution in [3.8, 4) is 0 Å². The van der Waals surface area contributed by atoms with Gasteiger partial charge in [0, 0.05) is 6.54 Å². The fourth-order valence-electron chi connectivity index (χ4n) is 1.85. The number of halogens is 4. The average Bonchev–Trinajstić information content (AvgIpc) is 2.70. The number of alkyl halides is 3. The van der Waals surface area contributed by atoms with Crippen LogP contribution in [0.15, 0.2) is 24.3 Å². The van der Waals surface area contributed by atoms with Gasteiger partial charge in [-0.25, -0.2) is 4.68 Å². The lowest BCUT2D eigenvalue weighted by atomic mass is 10.1. The van der Waals surface area contributed by atoms with Crippen LogP contribution in [0, 0.1) is 3.70 Å². The highest BCUT2D eigenvalue weighted by Gasteiger charge is 2.30. The van der Waals surface area contributed by atoms with Crippen LogP contribution in [-0.4, -0.2) is 34.0 Å². The molecule has 0 fully saturated rings. The lowest BCUT2D eigenvalue weighted by molar-refractivity contribution is -0.137. The van der Waals surface area contributed by atoms with Crippen molar-refractivity contribution in [3.05, 3.63) is 44.8 Å². The molecule has 0 aliphatic heterocycles. The predicted molar refractivity (Wildman–Crippen MR) is 80.7 cm³/mol. The first kappa shape index (κ1) is 16.2. The molecule has 2 rings (SSSR count). The van der Waals surface area contributed by atoms with Crippen LogP contribution in [0.25, 0.3) is 0 Å². The van der Waals surface area contributed by atoms with E-state index in [0.29, 0.717) is 12.1 Å². The second kappa shape index (κ2) is 6.30. The Bertz CT molecular complexity index is 622. The maximum atomic E-state index is 12.7.